The highest BCUT2D eigenvalue weighted by molar-refractivity contribution is 5.87. The van der Waals surface area contributed by atoms with Crippen molar-refractivity contribution in [2.45, 2.75) is 69.9 Å². The molecular weight excluding hydrogens is 444 g/mol. The Morgan fingerprint density at radius 3 is 2.06 bits per heavy atom. The summed E-state index contributed by atoms with van der Waals surface area (Å²) in [7, 11) is 0. The van der Waals surface area contributed by atoms with Crippen molar-refractivity contribution in [3.8, 4) is 11.1 Å². The van der Waals surface area contributed by atoms with Crippen molar-refractivity contribution >= 4 is 18.0 Å². The van der Waals surface area contributed by atoms with Crippen molar-refractivity contribution in [3.63, 3.8) is 0 Å². The number of rotatable bonds is 10. The van der Waals surface area contributed by atoms with Crippen LogP contribution in [0.25, 0.3) is 11.1 Å². The van der Waals surface area contributed by atoms with Crippen LogP contribution in [-0.2, 0) is 14.3 Å². The van der Waals surface area contributed by atoms with E-state index in [0.29, 0.717) is 12.8 Å². The standard InChI is InChI=1S/C28H34N2O5/c1-3-28(4-2,26(32)33)30-25(31)16-24(18-10-9-11-18)29-27(34)35-17-23-21-14-7-5-12-19(21)20-13-6-8-15-22(20)23/h5-8,12-15,18,23-24H,3-4,9-11,16-17H2,1-2H3,(H,29,34)(H,30,31)(H,32,33). The van der Waals surface area contributed by atoms with Crippen LogP contribution in [0.1, 0.15) is 69.4 Å². The zero-order chi connectivity index (χ0) is 25.0. The quantitative estimate of drug-likeness (QED) is 0.453. The summed E-state index contributed by atoms with van der Waals surface area (Å²) in [5, 5.41) is 15.2. The lowest BCUT2D eigenvalue weighted by molar-refractivity contribution is -0.148. The molecule has 0 aliphatic heterocycles. The number of carboxylic acids is 1. The largest absolute Gasteiger partial charge is 0.480 e. The van der Waals surface area contributed by atoms with Gasteiger partial charge in [0.05, 0.1) is 0 Å². The van der Waals surface area contributed by atoms with Crippen LogP contribution in [0.15, 0.2) is 48.5 Å². The molecule has 3 N–H and O–H groups in total. The van der Waals surface area contributed by atoms with E-state index in [1.165, 1.54) is 0 Å². The Balaban J connectivity index is 1.39. The fourth-order valence-corrected chi connectivity index (χ4v) is 5.27. The predicted octanol–water partition coefficient (Wildman–Crippen LogP) is 4.84. The molecule has 186 valence electrons. The molecule has 1 saturated carbocycles. The Hall–Kier alpha value is -3.35. The van der Waals surface area contributed by atoms with Gasteiger partial charge in [0, 0.05) is 18.4 Å². The highest BCUT2D eigenvalue weighted by Crippen LogP contribution is 2.44. The Morgan fingerprint density at radius 1 is 1.00 bits per heavy atom. The maximum absolute atomic E-state index is 12.8. The van der Waals surface area contributed by atoms with Crippen LogP contribution in [0.3, 0.4) is 0 Å². The van der Waals surface area contributed by atoms with Gasteiger partial charge in [-0.05, 0) is 53.9 Å². The molecule has 0 spiro atoms. The number of nitrogens with one attached hydrogen (secondary N) is 2. The molecule has 2 aliphatic rings. The van der Waals surface area contributed by atoms with Crippen LogP contribution in [0.4, 0.5) is 4.79 Å². The molecule has 0 saturated heterocycles. The Morgan fingerprint density at radius 2 is 1.57 bits per heavy atom. The molecule has 0 radical (unpaired) electrons. The second-order valence-corrected chi connectivity index (χ2v) is 9.61. The van der Waals surface area contributed by atoms with Gasteiger partial charge in [-0.3, -0.25) is 4.79 Å². The van der Waals surface area contributed by atoms with Crippen molar-refractivity contribution in [3.05, 3.63) is 59.7 Å². The number of aliphatic carboxylic acids is 1. The second kappa shape index (κ2) is 10.5. The number of carboxylic acid groups (broad SMARTS) is 1. The molecule has 2 aromatic rings. The topological polar surface area (TPSA) is 105 Å². The van der Waals surface area contributed by atoms with Crippen LogP contribution >= 0.6 is 0 Å². The summed E-state index contributed by atoms with van der Waals surface area (Å²) < 4.78 is 5.68. The first-order valence-corrected chi connectivity index (χ1v) is 12.5. The summed E-state index contributed by atoms with van der Waals surface area (Å²) in [6.07, 6.45) is 2.96. The first-order chi connectivity index (χ1) is 16.9. The molecule has 1 atom stereocenters. The summed E-state index contributed by atoms with van der Waals surface area (Å²) in [6, 6.07) is 15.9. The maximum Gasteiger partial charge on any atom is 0.407 e. The van der Waals surface area contributed by atoms with Gasteiger partial charge in [-0.1, -0.05) is 68.8 Å². The minimum Gasteiger partial charge on any atom is -0.480 e. The number of alkyl carbamates (subject to hydrolysis) is 1. The SMILES string of the molecule is CCC(CC)(NC(=O)CC(NC(=O)OCC1c2ccccc2-c2ccccc21)C1CCC1)C(=O)O. The minimum atomic E-state index is -1.29. The molecule has 7 heteroatoms. The van der Waals surface area contributed by atoms with Crippen LogP contribution in [0.5, 0.6) is 0 Å². The fourth-order valence-electron chi connectivity index (χ4n) is 5.27. The number of ether oxygens (including phenoxy) is 1. The molecule has 35 heavy (non-hydrogen) atoms. The summed E-state index contributed by atoms with van der Waals surface area (Å²) in [4.78, 5) is 37.4. The normalized spacial score (nSPS) is 15.9. The maximum atomic E-state index is 12.8. The van der Waals surface area contributed by atoms with Gasteiger partial charge in [0.25, 0.3) is 0 Å². The minimum absolute atomic E-state index is 0.0316. The summed E-state index contributed by atoms with van der Waals surface area (Å²) >= 11 is 0. The van der Waals surface area contributed by atoms with E-state index in [-0.39, 0.29) is 36.8 Å². The lowest BCUT2D eigenvalue weighted by Crippen LogP contribution is -2.55. The van der Waals surface area contributed by atoms with Gasteiger partial charge < -0.3 is 20.5 Å². The first kappa shape index (κ1) is 24.8. The summed E-state index contributed by atoms with van der Waals surface area (Å²) in [5.41, 5.74) is 3.32. The molecule has 0 bridgehead atoms. The van der Waals surface area contributed by atoms with Gasteiger partial charge in [-0.15, -0.1) is 0 Å². The number of carbonyl (C=O) groups excluding carboxylic acids is 2. The molecule has 2 aromatic carbocycles. The lowest BCUT2D eigenvalue weighted by atomic mass is 9.78. The second-order valence-electron chi connectivity index (χ2n) is 9.61. The third-order valence-electron chi connectivity index (χ3n) is 7.77. The molecule has 0 aromatic heterocycles. The van der Waals surface area contributed by atoms with Gasteiger partial charge in [-0.25, -0.2) is 9.59 Å². The highest BCUT2D eigenvalue weighted by Gasteiger charge is 2.38. The monoisotopic (exact) mass is 478 g/mol. The Labute approximate surface area is 206 Å². The van der Waals surface area contributed by atoms with E-state index in [2.05, 4.69) is 34.9 Å². The third kappa shape index (κ3) is 5.04. The van der Waals surface area contributed by atoms with Crippen LogP contribution in [0, 0.1) is 5.92 Å². The van der Waals surface area contributed by atoms with E-state index in [1.54, 1.807) is 13.8 Å². The van der Waals surface area contributed by atoms with E-state index in [4.69, 9.17) is 4.74 Å². The smallest absolute Gasteiger partial charge is 0.407 e. The number of amides is 2. The fraction of sp³-hybridized carbons (Fsp3) is 0.464. The Bertz CT molecular complexity index is 1040. The van der Waals surface area contributed by atoms with Crippen LogP contribution in [0.2, 0.25) is 0 Å². The third-order valence-corrected chi connectivity index (χ3v) is 7.77. The van der Waals surface area contributed by atoms with Gasteiger partial charge in [0.15, 0.2) is 0 Å². The predicted molar refractivity (Wildman–Crippen MR) is 133 cm³/mol. The zero-order valence-corrected chi connectivity index (χ0v) is 20.4. The number of carbonyl (C=O) groups is 3. The van der Waals surface area contributed by atoms with E-state index >= 15 is 0 Å². The number of fused-ring (bicyclic) bond motifs is 3. The molecule has 2 amide bonds. The number of hydrogen-bond acceptors (Lipinski definition) is 4. The lowest BCUT2D eigenvalue weighted by Gasteiger charge is -2.35. The van der Waals surface area contributed by atoms with E-state index in [0.717, 1.165) is 41.5 Å². The summed E-state index contributed by atoms with van der Waals surface area (Å²) in [5.74, 6) is -1.26. The van der Waals surface area contributed by atoms with Crippen molar-refractivity contribution < 1.29 is 24.2 Å². The highest BCUT2D eigenvalue weighted by atomic mass is 16.5. The molecule has 0 heterocycles. The van der Waals surface area contributed by atoms with Gasteiger partial charge >= 0.3 is 12.1 Å². The molecule has 7 nitrogen and oxygen atoms in total. The van der Waals surface area contributed by atoms with Crippen LogP contribution in [-0.4, -0.2) is 41.3 Å². The molecule has 1 fully saturated rings. The molecule has 2 aliphatic carbocycles. The number of hydrogen-bond donors (Lipinski definition) is 3. The van der Waals surface area contributed by atoms with Crippen molar-refractivity contribution in [1.82, 2.24) is 10.6 Å². The van der Waals surface area contributed by atoms with Gasteiger partial charge in [0.1, 0.15) is 12.1 Å². The van der Waals surface area contributed by atoms with E-state index in [9.17, 15) is 19.5 Å². The zero-order valence-electron chi connectivity index (χ0n) is 20.4. The molecular formula is C28H34N2O5. The van der Waals surface area contributed by atoms with Crippen molar-refractivity contribution in [2.24, 2.45) is 5.92 Å². The Kier molecular flexibility index (Phi) is 7.43. The number of benzene rings is 2. The average molecular weight is 479 g/mol. The van der Waals surface area contributed by atoms with Gasteiger partial charge in [0.2, 0.25) is 5.91 Å². The van der Waals surface area contributed by atoms with Gasteiger partial charge in [-0.2, -0.15) is 0 Å². The molecule has 4 rings (SSSR count). The molecule has 1 unspecified atom stereocenters. The van der Waals surface area contributed by atoms with Crippen molar-refractivity contribution in [2.75, 3.05) is 6.61 Å². The van der Waals surface area contributed by atoms with Crippen molar-refractivity contribution in [1.29, 1.82) is 0 Å². The summed E-state index contributed by atoms with van der Waals surface area (Å²) in [6.45, 7) is 3.70. The van der Waals surface area contributed by atoms with E-state index < -0.39 is 17.6 Å². The van der Waals surface area contributed by atoms with Crippen LogP contribution < -0.4 is 10.6 Å². The van der Waals surface area contributed by atoms with E-state index in [1.807, 2.05) is 24.3 Å². The first-order valence-electron chi connectivity index (χ1n) is 12.5. The average Bonchev–Trinajstić information content (AvgIpc) is 3.13.